The van der Waals surface area contributed by atoms with Crippen molar-refractivity contribution in [3.05, 3.63) is 0 Å². The Kier molecular flexibility index (Phi) is 7.66. The zero-order valence-corrected chi connectivity index (χ0v) is 13.1. The fourth-order valence-electron chi connectivity index (χ4n) is 2.61. The van der Waals surface area contributed by atoms with Crippen LogP contribution in [0.5, 0.6) is 0 Å². The third-order valence-corrected chi connectivity index (χ3v) is 3.92. The van der Waals surface area contributed by atoms with Crippen molar-refractivity contribution in [2.45, 2.75) is 63.6 Å². The molecule has 0 N–H and O–H groups in total. The third-order valence-electron chi connectivity index (χ3n) is 3.92. The molecule has 2 heterocycles. The van der Waals surface area contributed by atoms with Crippen molar-refractivity contribution in [2.75, 3.05) is 26.4 Å². The van der Waals surface area contributed by atoms with Crippen LogP contribution >= 0.6 is 0 Å². The minimum absolute atomic E-state index is 0.0664. The van der Waals surface area contributed by atoms with Crippen LogP contribution in [-0.4, -0.2) is 50.6 Å². The number of carbonyl (C=O) groups is 2. The lowest BCUT2D eigenvalue weighted by Crippen LogP contribution is -2.18. The van der Waals surface area contributed by atoms with Gasteiger partial charge in [0, 0.05) is 26.1 Å². The molecule has 0 aliphatic carbocycles. The summed E-state index contributed by atoms with van der Waals surface area (Å²) < 4.78 is 21.1. The van der Waals surface area contributed by atoms with Gasteiger partial charge >= 0.3 is 11.9 Å². The summed E-state index contributed by atoms with van der Waals surface area (Å²) in [5, 5.41) is 0. The zero-order chi connectivity index (χ0) is 15.6. The van der Waals surface area contributed by atoms with E-state index in [9.17, 15) is 9.59 Å². The van der Waals surface area contributed by atoms with E-state index in [-0.39, 0.29) is 24.1 Å². The van der Waals surface area contributed by atoms with E-state index in [4.69, 9.17) is 18.9 Å². The van der Waals surface area contributed by atoms with Crippen molar-refractivity contribution in [1.82, 2.24) is 0 Å². The minimum atomic E-state index is -0.219. The number of unbranched alkanes of at least 4 members (excludes halogenated alkanes) is 1. The molecule has 0 aromatic carbocycles. The molecular weight excluding hydrogens is 288 g/mol. The Morgan fingerprint density at radius 1 is 0.818 bits per heavy atom. The number of ether oxygens (including phenoxy) is 4. The van der Waals surface area contributed by atoms with Gasteiger partial charge < -0.3 is 18.9 Å². The van der Waals surface area contributed by atoms with Gasteiger partial charge in [-0.3, -0.25) is 9.59 Å². The van der Waals surface area contributed by atoms with Crippen LogP contribution in [0.1, 0.15) is 51.4 Å². The summed E-state index contributed by atoms with van der Waals surface area (Å²) in [5.41, 5.74) is 0. The average molecular weight is 314 g/mol. The van der Waals surface area contributed by atoms with Crippen LogP contribution < -0.4 is 0 Å². The maximum absolute atomic E-state index is 11.5. The molecule has 2 rings (SSSR count). The SMILES string of the molecule is O=C(CCCCC(=O)OC[C@H]1CCCO1)OC[C@H]1CCCO1. The molecule has 0 radical (unpaired) electrons. The van der Waals surface area contributed by atoms with Crippen molar-refractivity contribution in [3.8, 4) is 0 Å². The summed E-state index contributed by atoms with van der Waals surface area (Å²) >= 11 is 0. The number of hydrogen-bond acceptors (Lipinski definition) is 6. The highest BCUT2D eigenvalue weighted by atomic mass is 16.6. The Morgan fingerprint density at radius 2 is 1.27 bits per heavy atom. The molecule has 0 saturated carbocycles. The molecule has 0 unspecified atom stereocenters. The molecule has 2 atom stereocenters. The van der Waals surface area contributed by atoms with Gasteiger partial charge in [-0.05, 0) is 38.5 Å². The van der Waals surface area contributed by atoms with Crippen LogP contribution in [0.2, 0.25) is 0 Å². The number of esters is 2. The first kappa shape index (κ1) is 17.2. The van der Waals surface area contributed by atoms with Crippen molar-refractivity contribution in [2.24, 2.45) is 0 Å². The summed E-state index contributed by atoms with van der Waals surface area (Å²) in [4.78, 5) is 23.1. The van der Waals surface area contributed by atoms with E-state index in [0.717, 1.165) is 38.9 Å². The summed E-state index contributed by atoms with van der Waals surface area (Å²) in [7, 11) is 0. The lowest BCUT2D eigenvalue weighted by Gasteiger charge is -2.11. The van der Waals surface area contributed by atoms with Crippen LogP contribution in [0, 0.1) is 0 Å². The highest BCUT2D eigenvalue weighted by Crippen LogP contribution is 2.14. The summed E-state index contributed by atoms with van der Waals surface area (Å²) in [5.74, 6) is -0.438. The van der Waals surface area contributed by atoms with E-state index >= 15 is 0 Å². The quantitative estimate of drug-likeness (QED) is 0.479. The van der Waals surface area contributed by atoms with Gasteiger partial charge in [0.25, 0.3) is 0 Å². The molecule has 2 aliphatic heterocycles. The van der Waals surface area contributed by atoms with E-state index in [1.54, 1.807) is 0 Å². The van der Waals surface area contributed by atoms with Crippen molar-refractivity contribution < 1.29 is 28.5 Å². The standard InChI is InChI=1S/C16H26O6/c17-15(21-11-13-5-3-9-19-13)7-1-2-8-16(18)22-12-14-6-4-10-20-14/h13-14H,1-12H2/t13-,14-/m1/s1. The van der Waals surface area contributed by atoms with Gasteiger partial charge in [0.1, 0.15) is 13.2 Å². The molecule has 22 heavy (non-hydrogen) atoms. The summed E-state index contributed by atoms with van der Waals surface area (Å²) in [6.07, 6.45) is 6.09. The van der Waals surface area contributed by atoms with Gasteiger partial charge in [-0.25, -0.2) is 0 Å². The second-order valence-corrected chi connectivity index (χ2v) is 5.84. The molecule has 0 amide bonds. The maximum atomic E-state index is 11.5. The second kappa shape index (κ2) is 9.79. The van der Waals surface area contributed by atoms with E-state index in [1.165, 1.54) is 0 Å². The minimum Gasteiger partial charge on any atom is -0.463 e. The highest BCUT2D eigenvalue weighted by Gasteiger charge is 2.18. The van der Waals surface area contributed by atoms with Gasteiger partial charge in [-0.1, -0.05) is 0 Å². The molecular formula is C16H26O6. The van der Waals surface area contributed by atoms with Gasteiger partial charge in [0.05, 0.1) is 12.2 Å². The molecule has 0 aromatic heterocycles. The first-order valence-electron chi connectivity index (χ1n) is 8.28. The van der Waals surface area contributed by atoms with Crippen LogP contribution in [0.25, 0.3) is 0 Å². The summed E-state index contributed by atoms with van der Waals surface area (Å²) in [6.45, 7) is 2.22. The predicted molar refractivity (Wildman–Crippen MR) is 78.3 cm³/mol. The highest BCUT2D eigenvalue weighted by molar-refractivity contribution is 5.70. The molecule has 2 aliphatic rings. The lowest BCUT2D eigenvalue weighted by molar-refractivity contribution is -0.149. The van der Waals surface area contributed by atoms with Crippen molar-refractivity contribution >= 4 is 11.9 Å². The molecule has 126 valence electrons. The van der Waals surface area contributed by atoms with Crippen molar-refractivity contribution in [3.63, 3.8) is 0 Å². The molecule has 0 bridgehead atoms. The van der Waals surface area contributed by atoms with Gasteiger partial charge in [0.15, 0.2) is 0 Å². The van der Waals surface area contributed by atoms with Gasteiger partial charge in [-0.15, -0.1) is 0 Å². The first-order chi connectivity index (χ1) is 10.7. The van der Waals surface area contributed by atoms with Gasteiger partial charge in [-0.2, -0.15) is 0 Å². The number of hydrogen-bond donors (Lipinski definition) is 0. The van der Waals surface area contributed by atoms with Gasteiger partial charge in [0.2, 0.25) is 0 Å². The van der Waals surface area contributed by atoms with E-state index < -0.39 is 0 Å². The monoisotopic (exact) mass is 314 g/mol. The number of rotatable bonds is 9. The third kappa shape index (κ3) is 6.75. The molecule has 6 heteroatoms. The zero-order valence-electron chi connectivity index (χ0n) is 13.1. The van der Waals surface area contributed by atoms with Crippen LogP contribution in [0.15, 0.2) is 0 Å². The topological polar surface area (TPSA) is 71.1 Å². The Hall–Kier alpha value is -1.14. The fourth-order valence-corrected chi connectivity index (χ4v) is 2.61. The first-order valence-corrected chi connectivity index (χ1v) is 8.28. The number of carbonyl (C=O) groups excluding carboxylic acids is 2. The molecule has 2 fully saturated rings. The Bertz CT molecular complexity index is 311. The Labute approximate surface area is 131 Å². The molecule has 2 saturated heterocycles. The van der Waals surface area contributed by atoms with Crippen LogP contribution in [0.4, 0.5) is 0 Å². The normalized spacial score (nSPS) is 24.4. The molecule has 6 nitrogen and oxygen atoms in total. The predicted octanol–water partition coefficient (Wildman–Crippen LogP) is 1.99. The fraction of sp³-hybridized carbons (Fsp3) is 0.875. The van der Waals surface area contributed by atoms with E-state index in [2.05, 4.69) is 0 Å². The second-order valence-electron chi connectivity index (χ2n) is 5.84. The largest absolute Gasteiger partial charge is 0.463 e. The Morgan fingerprint density at radius 3 is 1.64 bits per heavy atom. The van der Waals surface area contributed by atoms with Crippen LogP contribution in [-0.2, 0) is 28.5 Å². The average Bonchev–Trinajstić information content (AvgIpc) is 3.20. The Balaban J connectivity index is 1.42. The van der Waals surface area contributed by atoms with Crippen molar-refractivity contribution in [1.29, 1.82) is 0 Å². The smallest absolute Gasteiger partial charge is 0.305 e. The van der Waals surface area contributed by atoms with E-state index in [0.29, 0.717) is 38.9 Å². The molecule has 0 spiro atoms. The summed E-state index contributed by atoms with van der Waals surface area (Å²) in [6, 6.07) is 0. The maximum Gasteiger partial charge on any atom is 0.305 e. The lowest BCUT2D eigenvalue weighted by atomic mass is 10.2. The molecule has 0 aromatic rings. The van der Waals surface area contributed by atoms with E-state index in [1.807, 2.05) is 0 Å². The van der Waals surface area contributed by atoms with Crippen LogP contribution in [0.3, 0.4) is 0 Å².